The van der Waals surface area contributed by atoms with E-state index in [-0.39, 0.29) is 17.0 Å². The predicted molar refractivity (Wildman–Crippen MR) is 123 cm³/mol. The summed E-state index contributed by atoms with van der Waals surface area (Å²) in [7, 11) is -3.25. The zero-order valence-corrected chi connectivity index (χ0v) is 19.8. The minimum absolute atomic E-state index is 0.170. The van der Waals surface area contributed by atoms with E-state index in [1.807, 2.05) is 6.07 Å². The minimum atomic E-state index is -3.25. The van der Waals surface area contributed by atoms with Gasteiger partial charge >= 0.3 is 0 Å². The Balaban J connectivity index is 1.45. The van der Waals surface area contributed by atoms with Gasteiger partial charge in [-0.25, -0.2) is 8.42 Å². The number of ether oxygens (including phenoxy) is 1. The molecular weight excluding hydrogens is 455 g/mol. The van der Waals surface area contributed by atoms with Gasteiger partial charge in [-0.2, -0.15) is 0 Å². The SMILES string of the molecule is CS(=O)(=O)c1ccc(O[C@H]2c3cc(Cl)cc(Cl)c3C[C@@H]2N2CCN3CCCC3C2)cc1. The first-order valence-electron chi connectivity index (χ1n) is 10.7. The van der Waals surface area contributed by atoms with Crippen molar-refractivity contribution in [2.24, 2.45) is 0 Å². The van der Waals surface area contributed by atoms with Gasteiger partial charge in [0.05, 0.1) is 10.9 Å². The number of piperazine rings is 1. The zero-order chi connectivity index (χ0) is 21.8. The van der Waals surface area contributed by atoms with Gasteiger partial charge in [-0.3, -0.25) is 9.80 Å². The van der Waals surface area contributed by atoms with Crippen molar-refractivity contribution in [3.05, 3.63) is 57.6 Å². The maximum atomic E-state index is 11.8. The maximum Gasteiger partial charge on any atom is 0.175 e. The number of sulfone groups is 1. The first-order valence-corrected chi connectivity index (χ1v) is 13.4. The van der Waals surface area contributed by atoms with Crippen LogP contribution in [0.1, 0.15) is 30.1 Å². The fraction of sp³-hybridized carbons (Fsp3) is 0.478. The third-order valence-corrected chi connectivity index (χ3v) is 8.55. The largest absolute Gasteiger partial charge is 0.484 e. The highest BCUT2D eigenvalue weighted by molar-refractivity contribution is 7.90. The number of fused-ring (bicyclic) bond motifs is 2. The van der Waals surface area contributed by atoms with Gasteiger partial charge in [0.1, 0.15) is 11.9 Å². The Kier molecular flexibility index (Phi) is 5.72. The third-order valence-electron chi connectivity index (χ3n) is 6.87. The van der Waals surface area contributed by atoms with Crippen LogP contribution in [0, 0.1) is 0 Å². The summed E-state index contributed by atoms with van der Waals surface area (Å²) < 4.78 is 30.1. The van der Waals surface area contributed by atoms with Gasteiger partial charge in [0.25, 0.3) is 0 Å². The smallest absolute Gasteiger partial charge is 0.175 e. The molecule has 5 nitrogen and oxygen atoms in total. The summed E-state index contributed by atoms with van der Waals surface area (Å²) in [5.41, 5.74) is 2.13. The molecule has 2 aromatic rings. The van der Waals surface area contributed by atoms with E-state index in [2.05, 4.69) is 9.80 Å². The Morgan fingerprint density at radius 3 is 2.52 bits per heavy atom. The monoisotopic (exact) mass is 480 g/mol. The van der Waals surface area contributed by atoms with Crippen LogP contribution in [0.4, 0.5) is 0 Å². The molecule has 0 aromatic heterocycles. The quantitative estimate of drug-likeness (QED) is 0.655. The van der Waals surface area contributed by atoms with Crippen molar-refractivity contribution >= 4 is 33.0 Å². The summed E-state index contributed by atoms with van der Waals surface area (Å²) >= 11 is 12.9. The number of hydrogen-bond acceptors (Lipinski definition) is 5. The van der Waals surface area contributed by atoms with Crippen molar-refractivity contribution in [1.29, 1.82) is 0 Å². The van der Waals surface area contributed by atoms with Gasteiger partial charge in [-0.15, -0.1) is 0 Å². The second kappa shape index (κ2) is 8.23. The Bertz CT molecular complexity index is 1090. The van der Waals surface area contributed by atoms with Crippen molar-refractivity contribution in [3.8, 4) is 5.75 Å². The van der Waals surface area contributed by atoms with E-state index < -0.39 is 9.84 Å². The predicted octanol–water partition coefficient (Wildman–Crippen LogP) is 4.22. The average molecular weight is 481 g/mol. The van der Waals surface area contributed by atoms with Gasteiger partial charge < -0.3 is 4.74 Å². The fourth-order valence-electron chi connectivity index (χ4n) is 5.31. The van der Waals surface area contributed by atoms with Crippen LogP contribution >= 0.6 is 23.2 Å². The van der Waals surface area contributed by atoms with Crippen LogP contribution in [0.25, 0.3) is 0 Å². The average Bonchev–Trinajstić information content (AvgIpc) is 3.32. The van der Waals surface area contributed by atoms with Gasteiger partial charge in [0.15, 0.2) is 9.84 Å². The molecule has 8 heteroatoms. The van der Waals surface area contributed by atoms with Gasteiger partial charge in [-0.1, -0.05) is 23.2 Å². The van der Waals surface area contributed by atoms with Crippen LogP contribution in [0.5, 0.6) is 5.75 Å². The van der Waals surface area contributed by atoms with Gasteiger partial charge in [0.2, 0.25) is 0 Å². The van der Waals surface area contributed by atoms with Gasteiger partial charge in [0, 0.05) is 47.5 Å². The molecule has 1 unspecified atom stereocenters. The first-order chi connectivity index (χ1) is 14.8. The molecule has 166 valence electrons. The van der Waals surface area contributed by atoms with Crippen molar-refractivity contribution in [1.82, 2.24) is 9.80 Å². The summed E-state index contributed by atoms with van der Waals surface area (Å²) in [5, 5.41) is 1.29. The van der Waals surface area contributed by atoms with Crippen LogP contribution in [0.2, 0.25) is 10.0 Å². The lowest BCUT2D eigenvalue weighted by Gasteiger charge is -2.42. The second-order valence-electron chi connectivity index (χ2n) is 8.84. The summed E-state index contributed by atoms with van der Waals surface area (Å²) in [4.78, 5) is 5.43. The first kappa shape index (κ1) is 21.5. The molecule has 5 rings (SSSR count). The third kappa shape index (κ3) is 4.21. The van der Waals surface area contributed by atoms with Crippen molar-refractivity contribution < 1.29 is 13.2 Å². The molecule has 2 fully saturated rings. The Morgan fingerprint density at radius 1 is 1.03 bits per heavy atom. The van der Waals surface area contributed by atoms with Crippen molar-refractivity contribution in [3.63, 3.8) is 0 Å². The van der Waals surface area contributed by atoms with E-state index in [1.54, 1.807) is 30.3 Å². The summed E-state index contributed by atoms with van der Waals surface area (Å²) in [6.07, 6.45) is 4.35. The van der Waals surface area contributed by atoms with Crippen LogP contribution in [0.15, 0.2) is 41.3 Å². The highest BCUT2D eigenvalue weighted by atomic mass is 35.5. The Labute approximate surface area is 193 Å². The normalized spacial score (nSPS) is 26.6. The van der Waals surface area contributed by atoms with E-state index in [1.165, 1.54) is 25.6 Å². The highest BCUT2D eigenvalue weighted by Crippen LogP contribution is 2.43. The van der Waals surface area contributed by atoms with Crippen molar-refractivity contribution in [2.75, 3.05) is 32.4 Å². The van der Waals surface area contributed by atoms with Gasteiger partial charge in [-0.05, 0) is 67.8 Å². The number of halogens is 2. The summed E-state index contributed by atoms with van der Waals surface area (Å²) in [5.74, 6) is 0.644. The molecule has 0 N–H and O–H groups in total. The van der Waals surface area contributed by atoms with Crippen LogP contribution in [0.3, 0.4) is 0 Å². The van der Waals surface area contributed by atoms with Crippen LogP contribution in [-0.2, 0) is 16.3 Å². The molecule has 3 aliphatic rings. The molecule has 0 saturated carbocycles. The zero-order valence-electron chi connectivity index (χ0n) is 17.4. The molecule has 1 aliphatic carbocycles. The summed E-state index contributed by atoms with van der Waals surface area (Å²) in [6.45, 7) is 4.34. The lowest BCUT2D eigenvalue weighted by molar-refractivity contribution is 0.0242. The number of benzene rings is 2. The molecule has 2 aliphatic heterocycles. The minimum Gasteiger partial charge on any atom is -0.484 e. The highest BCUT2D eigenvalue weighted by Gasteiger charge is 2.42. The van der Waals surface area contributed by atoms with E-state index in [4.69, 9.17) is 27.9 Å². The Morgan fingerprint density at radius 2 is 1.77 bits per heavy atom. The molecule has 0 spiro atoms. The molecule has 2 aromatic carbocycles. The fourth-order valence-corrected chi connectivity index (χ4v) is 6.52. The van der Waals surface area contributed by atoms with E-state index in [0.29, 0.717) is 21.8 Å². The molecule has 3 atom stereocenters. The van der Waals surface area contributed by atoms with Crippen LogP contribution < -0.4 is 4.74 Å². The molecule has 0 bridgehead atoms. The van der Waals surface area contributed by atoms with Crippen LogP contribution in [-0.4, -0.2) is 62.7 Å². The van der Waals surface area contributed by atoms with Crippen molar-refractivity contribution in [2.45, 2.75) is 42.3 Å². The maximum absolute atomic E-state index is 11.8. The molecular formula is C23H26Cl2N2O3S. The van der Waals surface area contributed by atoms with E-state index in [0.717, 1.165) is 37.2 Å². The van der Waals surface area contributed by atoms with E-state index in [9.17, 15) is 8.42 Å². The molecule has 2 heterocycles. The van der Waals surface area contributed by atoms with E-state index >= 15 is 0 Å². The lowest BCUT2D eigenvalue weighted by atomic mass is 10.1. The molecule has 0 radical (unpaired) electrons. The molecule has 0 amide bonds. The lowest BCUT2D eigenvalue weighted by Crippen LogP contribution is -2.54. The number of hydrogen-bond donors (Lipinski definition) is 0. The topological polar surface area (TPSA) is 49.9 Å². The molecule has 31 heavy (non-hydrogen) atoms. The Hall–Kier alpha value is -1.31. The molecule has 2 saturated heterocycles. The standard InChI is InChI=1S/C23H26Cl2N2O3S/c1-31(28,29)18-6-4-17(5-7-18)30-23-20-11-15(24)12-21(25)19(20)13-22(23)27-10-9-26-8-2-3-16(26)14-27/h4-7,11-12,16,22-23H,2-3,8-10,13-14H2,1H3/t16?,22-,23-/m0/s1. The number of rotatable bonds is 4. The summed E-state index contributed by atoms with van der Waals surface area (Å²) in [6, 6.07) is 11.2. The second-order valence-corrected chi connectivity index (χ2v) is 11.7. The number of nitrogens with zero attached hydrogens (tertiary/aromatic N) is 2.